The molecule has 1 saturated heterocycles. The molecule has 1 N–H and O–H groups in total. The van der Waals surface area contributed by atoms with E-state index in [0.29, 0.717) is 24.8 Å². The predicted molar refractivity (Wildman–Crippen MR) is 112 cm³/mol. The molecule has 5 aliphatic rings. The Bertz CT molecular complexity index is 1040. The molecule has 6 heteroatoms. The van der Waals surface area contributed by atoms with Crippen LogP contribution in [0.2, 0.25) is 0 Å². The van der Waals surface area contributed by atoms with Crippen LogP contribution in [0.25, 0.3) is 0 Å². The van der Waals surface area contributed by atoms with Crippen LogP contribution in [-0.2, 0) is 23.9 Å². The second-order valence-electron chi connectivity index (χ2n) is 11.1. The molecule has 0 unspecified atom stereocenters. The highest BCUT2D eigenvalue weighted by atomic mass is 16.6. The SMILES string of the molecule is C=C1[C@]2(C)C[C@@H]3C(=C)[C@@]4(C=CC(=O)OC4(C)C)CC[C@@]3(C)[C@]13C(=O)O[C@H](C)[C@]3(O)C2=O. The maximum atomic E-state index is 13.7. The summed E-state index contributed by atoms with van der Waals surface area (Å²) in [5.74, 6) is -1.61. The molecule has 5 rings (SSSR count). The Hall–Kier alpha value is -2.21. The van der Waals surface area contributed by atoms with E-state index in [-0.39, 0.29) is 11.7 Å². The summed E-state index contributed by atoms with van der Waals surface area (Å²) in [5.41, 5.74) is -5.48. The van der Waals surface area contributed by atoms with E-state index in [9.17, 15) is 19.5 Å². The lowest BCUT2D eigenvalue weighted by atomic mass is 9.39. The molecule has 0 aromatic carbocycles. The zero-order valence-electron chi connectivity index (χ0n) is 18.8. The first-order valence-electron chi connectivity index (χ1n) is 11.0. The quantitative estimate of drug-likeness (QED) is 0.473. The number of ketones is 1. The zero-order chi connectivity index (χ0) is 23.0. The van der Waals surface area contributed by atoms with Crippen molar-refractivity contribution in [2.75, 3.05) is 0 Å². The summed E-state index contributed by atoms with van der Waals surface area (Å²) in [7, 11) is 0. The first kappa shape index (κ1) is 20.7. The van der Waals surface area contributed by atoms with Crippen molar-refractivity contribution >= 4 is 17.7 Å². The number of hydrogen-bond acceptors (Lipinski definition) is 6. The Kier molecular flexibility index (Phi) is 3.48. The fraction of sp³-hybridized carbons (Fsp3) is 0.640. The van der Waals surface area contributed by atoms with Crippen LogP contribution in [0.4, 0.5) is 0 Å². The van der Waals surface area contributed by atoms with E-state index in [4.69, 9.17) is 9.47 Å². The van der Waals surface area contributed by atoms with Gasteiger partial charge in [-0.05, 0) is 63.9 Å². The van der Waals surface area contributed by atoms with Gasteiger partial charge in [0.05, 0.1) is 5.41 Å². The minimum atomic E-state index is -1.95. The summed E-state index contributed by atoms with van der Waals surface area (Å²) in [6.07, 6.45) is 3.88. The van der Waals surface area contributed by atoms with Gasteiger partial charge in [0.1, 0.15) is 17.1 Å². The molecule has 2 aliphatic heterocycles. The lowest BCUT2D eigenvalue weighted by molar-refractivity contribution is -0.177. The number of ether oxygens (including phenoxy) is 2. The fourth-order valence-electron chi connectivity index (χ4n) is 8.06. The van der Waals surface area contributed by atoms with Crippen LogP contribution in [0.3, 0.4) is 0 Å². The van der Waals surface area contributed by atoms with E-state index >= 15 is 0 Å². The molecule has 2 heterocycles. The van der Waals surface area contributed by atoms with Crippen LogP contribution in [0.15, 0.2) is 36.5 Å². The molecule has 2 spiro atoms. The highest BCUT2D eigenvalue weighted by Gasteiger charge is 2.88. The van der Waals surface area contributed by atoms with Crippen molar-refractivity contribution in [2.24, 2.45) is 27.6 Å². The smallest absolute Gasteiger partial charge is 0.331 e. The van der Waals surface area contributed by atoms with Gasteiger partial charge >= 0.3 is 11.9 Å². The molecule has 166 valence electrons. The van der Waals surface area contributed by atoms with E-state index in [2.05, 4.69) is 13.2 Å². The van der Waals surface area contributed by atoms with Crippen molar-refractivity contribution in [3.63, 3.8) is 0 Å². The monoisotopic (exact) mass is 426 g/mol. The maximum absolute atomic E-state index is 13.7. The van der Waals surface area contributed by atoms with Crippen molar-refractivity contribution < 1.29 is 29.0 Å². The second kappa shape index (κ2) is 5.22. The van der Waals surface area contributed by atoms with Crippen LogP contribution in [0.1, 0.15) is 53.9 Å². The minimum Gasteiger partial charge on any atom is -0.458 e. The van der Waals surface area contributed by atoms with Gasteiger partial charge in [-0.1, -0.05) is 31.7 Å². The average molecular weight is 427 g/mol. The molecule has 7 atom stereocenters. The van der Waals surface area contributed by atoms with E-state index in [0.717, 1.165) is 5.57 Å². The standard InChI is InChI=1S/C25H30O6/c1-13-16-12-21(6)14(2)24(19(28)30-15(3)25(24,29)18(21)27)22(16,7)10-11-23(13)9-8-17(26)31-20(23,4)5/h8-9,15-16,29H,1-2,10-12H2,3-7H3/t15-,16-,21+,22-,23-,24-,25+/m1/s1. The van der Waals surface area contributed by atoms with Gasteiger partial charge in [-0.2, -0.15) is 0 Å². The molecule has 0 amide bonds. The maximum Gasteiger partial charge on any atom is 0.331 e. The number of esters is 2. The highest BCUT2D eigenvalue weighted by molar-refractivity contribution is 6.10. The van der Waals surface area contributed by atoms with Gasteiger partial charge in [-0.25, -0.2) is 4.79 Å². The van der Waals surface area contributed by atoms with Gasteiger partial charge < -0.3 is 14.6 Å². The molecule has 31 heavy (non-hydrogen) atoms. The molecule has 0 aromatic rings. The molecule has 0 radical (unpaired) electrons. The molecular weight excluding hydrogens is 396 g/mol. The van der Waals surface area contributed by atoms with Crippen LogP contribution < -0.4 is 0 Å². The van der Waals surface area contributed by atoms with E-state index in [1.165, 1.54) is 6.08 Å². The van der Waals surface area contributed by atoms with Crippen molar-refractivity contribution in [3.8, 4) is 0 Å². The fourth-order valence-corrected chi connectivity index (χ4v) is 8.06. The summed E-state index contributed by atoms with van der Waals surface area (Å²) in [5, 5.41) is 11.9. The second-order valence-corrected chi connectivity index (χ2v) is 11.1. The Morgan fingerprint density at radius 3 is 2.35 bits per heavy atom. The normalized spacial score (nSPS) is 52.1. The molecule has 2 bridgehead atoms. The lowest BCUT2D eigenvalue weighted by Gasteiger charge is -2.63. The number of aliphatic hydroxyl groups is 1. The number of fused-ring (bicyclic) bond motifs is 2. The van der Waals surface area contributed by atoms with E-state index in [1.807, 2.05) is 26.8 Å². The average Bonchev–Trinajstić information content (AvgIpc) is 2.93. The van der Waals surface area contributed by atoms with Crippen molar-refractivity contribution in [1.82, 2.24) is 0 Å². The molecule has 0 aromatic heterocycles. The van der Waals surface area contributed by atoms with Gasteiger partial charge in [-0.3, -0.25) is 9.59 Å². The van der Waals surface area contributed by atoms with Crippen LogP contribution in [-0.4, -0.2) is 40.1 Å². The van der Waals surface area contributed by atoms with Gasteiger partial charge in [0.2, 0.25) is 0 Å². The van der Waals surface area contributed by atoms with Crippen molar-refractivity contribution in [3.05, 3.63) is 36.5 Å². The van der Waals surface area contributed by atoms with Crippen LogP contribution in [0, 0.1) is 27.6 Å². The first-order chi connectivity index (χ1) is 14.2. The van der Waals surface area contributed by atoms with Crippen LogP contribution >= 0.6 is 0 Å². The first-order valence-corrected chi connectivity index (χ1v) is 11.0. The zero-order valence-corrected chi connectivity index (χ0v) is 18.8. The summed E-state index contributed by atoms with van der Waals surface area (Å²) >= 11 is 0. The third-order valence-corrected chi connectivity index (χ3v) is 9.92. The largest absolute Gasteiger partial charge is 0.458 e. The number of cyclic esters (lactones) is 2. The Morgan fingerprint density at radius 1 is 1.10 bits per heavy atom. The molecule has 4 fully saturated rings. The van der Waals surface area contributed by atoms with Gasteiger partial charge in [0.25, 0.3) is 0 Å². The Labute approximate surface area is 182 Å². The third kappa shape index (κ3) is 1.72. The summed E-state index contributed by atoms with van der Waals surface area (Å²) in [4.78, 5) is 39.2. The van der Waals surface area contributed by atoms with E-state index < -0.39 is 50.9 Å². The topological polar surface area (TPSA) is 89.9 Å². The van der Waals surface area contributed by atoms with E-state index in [1.54, 1.807) is 13.8 Å². The minimum absolute atomic E-state index is 0.270. The molecule has 3 aliphatic carbocycles. The summed E-state index contributed by atoms with van der Waals surface area (Å²) < 4.78 is 11.3. The highest BCUT2D eigenvalue weighted by Crippen LogP contribution is 2.79. The summed E-state index contributed by atoms with van der Waals surface area (Å²) in [6, 6.07) is 0. The van der Waals surface area contributed by atoms with Crippen LogP contribution in [0.5, 0.6) is 0 Å². The lowest BCUT2D eigenvalue weighted by Crippen LogP contribution is -2.65. The van der Waals surface area contributed by atoms with Gasteiger partial charge in [-0.15, -0.1) is 0 Å². The molecular formula is C25H30O6. The number of rotatable bonds is 0. The number of Topliss-reactive ketones (excluding diaryl/α,β-unsaturated/α-hetero) is 1. The van der Waals surface area contributed by atoms with Gasteiger partial charge in [0.15, 0.2) is 11.4 Å². The molecule has 3 saturated carbocycles. The number of carbonyl (C=O) groups is 3. The van der Waals surface area contributed by atoms with Gasteiger partial charge in [0, 0.05) is 11.5 Å². The summed E-state index contributed by atoms with van der Waals surface area (Å²) in [6.45, 7) is 17.8. The molecule has 6 nitrogen and oxygen atoms in total. The Balaban J connectivity index is 1.76. The third-order valence-electron chi connectivity index (χ3n) is 9.92. The number of hydrogen-bond donors (Lipinski definition) is 1. The van der Waals surface area contributed by atoms with Crippen molar-refractivity contribution in [1.29, 1.82) is 0 Å². The van der Waals surface area contributed by atoms with Crippen molar-refractivity contribution in [2.45, 2.75) is 71.2 Å². The Morgan fingerprint density at radius 2 is 1.74 bits per heavy atom. The predicted octanol–water partition coefficient (Wildman–Crippen LogP) is 3.05. The number of carbonyl (C=O) groups excluding carboxylic acids is 3.